The summed E-state index contributed by atoms with van der Waals surface area (Å²) in [6, 6.07) is 7.68. The maximum absolute atomic E-state index is 6.11. The lowest BCUT2D eigenvalue weighted by Crippen LogP contribution is -2.30. The molecule has 0 fully saturated rings. The molecular weight excluding hydrogens is 262 g/mol. The topological polar surface area (TPSA) is 53.1 Å². The second-order valence-electron chi connectivity index (χ2n) is 4.62. The fourth-order valence-electron chi connectivity index (χ4n) is 2.12. The minimum atomic E-state index is -0.0949. The van der Waals surface area contributed by atoms with E-state index in [1.54, 1.807) is 7.11 Å². The van der Waals surface area contributed by atoms with Crippen LogP contribution in [-0.4, -0.2) is 22.9 Å². The molecule has 2 atom stereocenters. The van der Waals surface area contributed by atoms with E-state index in [0.717, 1.165) is 17.0 Å². The highest BCUT2D eigenvalue weighted by atomic mass is 35.5. The lowest BCUT2D eigenvalue weighted by Gasteiger charge is -2.22. The Labute approximate surface area is 118 Å². The summed E-state index contributed by atoms with van der Waals surface area (Å²) in [6.07, 6.45) is 1.81. The first-order valence-electron chi connectivity index (χ1n) is 6.13. The number of methoxy groups -OCH3 is 1. The SMILES string of the molecule is COc1cccc(C(C(C)N)n2cc(Cl)c(C)n2)c1. The van der Waals surface area contributed by atoms with Gasteiger partial charge < -0.3 is 10.5 Å². The molecule has 4 nitrogen and oxygen atoms in total. The van der Waals surface area contributed by atoms with Crippen molar-refractivity contribution in [3.63, 3.8) is 0 Å². The zero-order valence-electron chi connectivity index (χ0n) is 11.3. The third kappa shape index (κ3) is 2.91. The molecule has 19 heavy (non-hydrogen) atoms. The van der Waals surface area contributed by atoms with Gasteiger partial charge in [0.2, 0.25) is 0 Å². The second-order valence-corrected chi connectivity index (χ2v) is 5.03. The van der Waals surface area contributed by atoms with Crippen LogP contribution in [0.3, 0.4) is 0 Å². The largest absolute Gasteiger partial charge is 0.497 e. The Morgan fingerprint density at radius 3 is 2.68 bits per heavy atom. The highest BCUT2D eigenvalue weighted by Gasteiger charge is 2.20. The van der Waals surface area contributed by atoms with Crippen LogP contribution in [0, 0.1) is 6.92 Å². The summed E-state index contributed by atoms with van der Waals surface area (Å²) in [5.41, 5.74) is 7.96. The smallest absolute Gasteiger partial charge is 0.119 e. The average molecular weight is 280 g/mol. The lowest BCUT2D eigenvalue weighted by molar-refractivity contribution is 0.409. The molecule has 0 aliphatic carbocycles. The minimum absolute atomic E-state index is 0.0682. The summed E-state index contributed by atoms with van der Waals surface area (Å²) in [5.74, 6) is 0.804. The van der Waals surface area contributed by atoms with E-state index in [1.165, 1.54) is 0 Å². The standard InChI is InChI=1S/C14H18ClN3O/c1-9(16)14(18-8-13(15)10(2)17-18)11-5-4-6-12(7-11)19-3/h4-9,14H,16H2,1-3H3. The molecular formula is C14H18ClN3O. The van der Waals surface area contributed by atoms with E-state index in [4.69, 9.17) is 22.1 Å². The quantitative estimate of drug-likeness (QED) is 0.936. The first-order valence-corrected chi connectivity index (χ1v) is 6.51. The van der Waals surface area contributed by atoms with Crippen LogP contribution in [0.15, 0.2) is 30.5 Å². The Kier molecular flexibility index (Phi) is 4.12. The highest BCUT2D eigenvalue weighted by molar-refractivity contribution is 6.31. The molecule has 2 rings (SSSR count). The molecule has 0 radical (unpaired) electrons. The predicted octanol–water partition coefficient (Wildman–Crippen LogP) is 2.79. The molecule has 2 aromatic rings. The predicted molar refractivity (Wildman–Crippen MR) is 76.8 cm³/mol. The van der Waals surface area contributed by atoms with E-state index in [9.17, 15) is 0 Å². The van der Waals surface area contributed by atoms with E-state index in [0.29, 0.717) is 5.02 Å². The Hall–Kier alpha value is -1.52. The van der Waals surface area contributed by atoms with Crippen LogP contribution in [0.4, 0.5) is 0 Å². The summed E-state index contributed by atoms with van der Waals surface area (Å²) in [5, 5.41) is 5.07. The van der Waals surface area contributed by atoms with E-state index in [2.05, 4.69) is 5.10 Å². The van der Waals surface area contributed by atoms with Crippen molar-refractivity contribution >= 4 is 11.6 Å². The number of benzene rings is 1. The van der Waals surface area contributed by atoms with Gasteiger partial charge in [0.1, 0.15) is 5.75 Å². The van der Waals surface area contributed by atoms with Gasteiger partial charge in [0, 0.05) is 12.2 Å². The van der Waals surface area contributed by atoms with Crippen molar-refractivity contribution in [2.45, 2.75) is 25.9 Å². The minimum Gasteiger partial charge on any atom is -0.497 e. The van der Waals surface area contributed by atoms with Gasteiger partial charge in [-0.15, -0.1) is 0 Å². The first kappa shape index (κ1) is 13.9. The fraction of sp³-hybridized carbons (Fsp3) is 0.357. The van der Waals surface area contributed by atoms with Crippen molar-refractivity contribution in [2.75, 3.05) is 7.11 Å². The van der Waals surface area contributed by atoms with E-state index in [1.807, 2.05) is 49.0 Å². The van der Waals surface area contributed by atoms with Crippen molar-refractivity contribution < 1.29 is 4.74 Å². The molecule has 0 aliphatic heterocycles. The number of aryl methyl sites for hydroxylation is 1. The van der Waals surface area contributed by atoms with Crippen LogP contribution in [0.25, 0.3) is 0 Å². The highest BCUT2D eigenvalue weighted by Crippen LogP contribution is 2.26. The van der Waals surface area contributed by atoms with Gasteiger partial charge in [-0.2, -0.15) is 5.10 Å². The molecule has 1 aromatic heterocycles. The van der Waals surface area contributed by atoms with Gasteiger partial charge in [-0.25, -0.2) is 0 Å². The lowest BCUT2D eigenvalue weighted by atomic mass is 10.0. The molecule has 0 bridgehead atoms. The van der Waals surface area contributed by atoms with E-state index in [-0.39, 0.29) is 12.1 Å². The normalized spacial score (nSPS) is 14.2. The molecule has 102 valence electrons. The van der Waals surface area contributed by atoms with Gasteiger partial charge >= 0.3 is 0 Å². The Morgan fingerprint density at radius 2 is 2.16 bits per heavy atom. The van der Waals surface area contributed by atoms with Gasteiger partial charge in [-0.3, -0.25) is 4.68 Å². The molecule has 0 spiro atoms. The Balaban J connectivity index is 2.45. The third-order valence-corrected chi connectivity index (χ3v) is 3.45. The number of rotatable bonds is 4. The van der Waals surface area contributed by atoms with Crippen molar-refractivity contribution in [1.82, 2.24) is 9.78 Å². The number of halogens is 1. The van der Waals surface area contributed by atoms with Crippen molar-refractivity contribution in [3.05, 3.63) is 46.7 Å². The summed E-state index contributed by atoms with van der Waals surface area (Å²) in [4.78, 5) is 0. The maximum atomic E-state index is 6.11. The molecule has 0 aliphatic rings. The van der Waals surface area contributed by atoms with Gasteiger partial charge in [0.15, 0.2) is 0 Å². The van der Waals surface area contributed by atoms with Gasteiger partial charge in [0.05, 0.1) is 23.9 Å². The van der Waals surface area contributed by atoms with Crippen molar-refractivity contribution in [2.24, 2.45) is 5.73 Å². The molecule has 0 saturated carbocycles. The molecule has 1 heterocycles. The fourth-order valence-corrected chi connectivity index (χ4v) is 2.26. The number of hydrogen-bond acceptors (Lipinski definition) is 3. The van der Waals surface area contributed by atoms with Crippen LogP contribution >= 0.6 is 11.6 Å². The van der Waals surface area contributed by atoms with Crippen LogP contribution in [0.2, 0.25) is 5.02 Å². The zero-order chi connectivity index (χ0) is 14.0. The van der Waals surface area contributed by atoms with Crippen molar-refractivity contribution in [3.8, 4) is 5.75 Å². The molecule has 0 saturated heterocycles. The first-order chi connectivity index (χ1) is 9.02. The Bertz CT molecular complexity index is 546. The summed E-state index contributed by atoms with van der Waals surface area (Å²) >= 11 is 6.08. The number of aromatic nitrogens is 2. The number of nitrogens with zero attached hydrogens (tertiary/aromatic N) is 2. The zero-order valence-corrected chi connectivity index (χ0v) is 12.1. The van der Waals surface area contributed by atoms with E-state index >= 15 is 0 Å². The third-order valence-electron chi connectivity index (χ3n) is 3.08. The van der Waals surface area contributed by atoms with Gasteiger partial charge in [0.25, 0.3) is 0 Å². The molecule has 0 amide bonds. The van der Waals surface area contributed by atoms with Crippen molar-refractivity contribution in [1.29, 1.82) is 0 Å². The Morgan fingerprint density at radius 1 is 1.42 bits per heavy atom. The molecule has 2 N–H and O–H groups in total. The van der Waals surface area contributed by atoms with Gasteiger partial charge in [-0.1, -0.05) is 23.7 Å². The van der Waals surface area contributed by atoms with Crippen LogP contribution < -0.4 is 10.5 Å². The van der Waals surface area contributed by atoms with E-state index < -0.39 is 0 Å². The summed E-state index contributed by atoms with van der Waals surface area (Å²) in [7, 11) is 1.65. The number of hydrogen-bond donors (Lipinski definition) is 1. The van der Waals surface area contributed by atoms with Crippen LogP contribution in [0.5, 0.6) is 5.75 Å². The monoisotopic (exact) mass is 279 g/mol. The summed E-state index contributed by atoms with van der Waals surface area (Å²) < 4.78 is 7.07. The average Bonchev–Trinajstić information content (AvgIpc) is 2.69. The van der Waals surface area contributed by atoms with Crippen LogP contribution in [-0.2, 0) is 0 Å². The summed E-state index contributed by atoms with van der Waals surface area (Å²) in [6.45, 7) is 3.83. The maximum Gasteiger partial charge on any atom is 0.119 e. The molecule has 2 unspecified atom stereocenters. The second kappa shape index (κ2) is 5.63. The van der Waals surface area contributed by atoms with Gasteiger partial charge in [-0.05, 0) is 31.5 Å². The number of nitrogens with two attached hydrogens (primary N) is 1. The molecule has 5 heteroatoms. The van der Waals surface area contributed by atoms with Crippen LogP contribution in [0.1, 0.15) is 24.2 Å². The molecule has 1 aromatic carbocycles. The number of ether oxygens (including phenoxy) is 1.